The first-order valence-electron chi connectivity index (χ1n) is 6.87. The van der Waals surface area contributed by atoms with E-state index in [1.54, 1.807) is 5.56 Å². The van der Waals surface area contributed by atoms with Gasteiger partial charge in [-0.25, -0.2) is 0 Å². The van der Waals surface area contributed by atoms with Crippen LogP contribution in [0.25, 0.3) is 18.2 Å². The zero-order chi connectivity index (χ0) is 12.7. The molecule has 0 aromatic heterocycles. The van der Waals surface area contributed by atoms with Crippen LogP contribution in [0.2, 0.25) is 0 Å². The minimum Gasteiger partial charge on any atom is -0.0833 e. The maximum absolute atomic E-state index is 2.38. The van der Waals surface area contributed by atoms with Crippen LogP contribution in [0.3, 0.4) is 0 Å². The first-order chi connectivity index (χ1) is 8.70. The standard InChI is InChI=1S/C18H20/c1-12-8-7-11-17-13(2)15-9-5-4-6-10-16(15)14(3)18(12)17/h4-5,7,9-12H,6,8H2,1-3H3. The van der Waals surface area contributed by atoms with E-state index in [2.05, 4.69) is 57.2 Å². The molecule has 2 aliphatic rings. The summed E-state index contributed by atoms with van der Waals surface area (Å²) in [5, 5.41) is 2.87. The summed E-state index contributed by atoms with van der Waals surface area (Å²) in [7, 11) is 0. The predicted octanol–water partition coefficient (Wildman–Crippen LogP) is 3.34. The van der Waals surface area contributed by atoms with Gasteiger partial charge in [0, 0.05) is 0 Å². The van der Waals surface area contributed by atoms with E-state index in [0.29, 0.717) is 5.92 Å². The van der Waals surface area contributed by atoms with Gasteiger partial charge in [0.2, 0.25) is 0 Å². The highest BCUT2D eigenvalue weighted by Crippen LogP contribution is 2.31. The maximum Gasteiger partial charge on any atom is -0.0147 e. The molecular formula is C18H20. The molecule has 1 atom stereocenters. The quantitative estimate of drug-likeness (QED) is 0.648. The lowest BCUT2D eigenvalue weighted by Crippen LogP contribution is -2.33. The van der Waals surface area contributed by atoms with Crippen molar-refractivity contribution in [1.82, 2.24) is 0 Å². The molecule has 0 nitrogen and oxygen atoms in total. The van der Waals surface area contributed by atoms with Crippen LogP contribution >= 0.6 is 0 Å². The second kappa shape index (κ2) is 4.28. The largest absolute Gasteiger partial charge is 0.0833 e. The van der Waals surface area contributed by atoms with Crippen molar-refractivity contribution in [2.24, 2.45) is 0 Å². The molecule has 0 amide bonds. The van der Waals surface area contributed by atoms with Crippen LogP contribution in [0.5, 0.6) is 0 Å². The number of allylic oxidation sites excluding steroid dienone is 3. The third-order valence-electron chi connectivity index (χ3n) is 4.32. The number of rotatable bonds is 0. The van der Waals surface area contributed by atoms with Crippen molar-refractivity contribution < 1.29 is 0 Å². The summed E-state index contributed by atoms with van der Waals surface area (Å²) in [6, 6.07) is 0. The molecule has 0 N–H and O–H groups in total. The monoisotopic (exact) mass is 236 g/mol. The molecule has 0 saturated heterocycles. The van der Waals surface area contributed by atoms with E-state index < -0.39 is 0 Å². The maximum atomic E-state index is 2.38. The van der Waals surface area contributed by atoms with Gasteiger partial charge in [0.25, 0.3) is 0 Å². The Labute approximate surface area is 109 Å². The third-order valence-corrected chi connectivity index (χ3v) is 4.32. The van der Waals surface area contributed by atoms with Crippen LogP contribution in [0.1, 0.15) is 47.9 Å². The second-order valence-electron chi connectivity index (χ2n) is 5.48. The molecule has 0 spiro atoms. The van der Waals surface area contributed by atoms with Crippen molar-refractivity contribution in [2.75, 3.05) is 0 Å². The fourth-order valence-electron chi connectivity index (χ4n) is 3.36. The first-order valence-corrected chi connectivity index (χ1v) is 6.87. The lowest BCUT2D eigenvalue weighted by Gasteiger charge is -2.23. The molecule has 0 heteroatoms. The molecule has 0 aliphatic heterocycles. The molecule has 1 unspecified atom stereocenters. The molecule has 0 radical (unpaired) electrons. The van der Waals surface area contributed by atoms with E-state index in [9.17, 15) is 0 Å². The normalized spacial score (nSPS) is 20.5. The molecule has 2 aliphatic carbocycles. The van der Waals surface area contributed by atoms with Gasteiger partial charge in [0.05, 0.1) is 0 Å². The lowest BCUT2D eigenvalue weighted by atomic mass is 9.81. The van der Waals surface area contributed by atoms with Crippen molar-refractivity contribution in [1.29, 1.82) is 0 Å². The minimum absolute atomic E-state index is 0.651. The number of hydrogen-bond donors (Lipinski definition) is 0. The Morgan fingerprint density at radius 3 is 2.72 bits per heavy atom. The Hall–Kier alpha value is -1.56. The lowest BCUT2D eigenvalue weighted by molar-refractivity contribution is 0.760. The van der Waals surface area contributed by atoms with E-state index in [0.717, 1.165) is 6.42 Å². The molecule has 0 heterocycles. The molecular weight excluding hydrogens is 216 g/mol. The Morgan fingerprint density at radius 2 is 1.89 bits per heavy atom. The van der Waals surface area contributed by atoms with Crippen LogP contribution in [-0.2, 0) is 0 Å². The highest BCUT2D eigenvalue weighted by molar-refractivity contribution is 5.66. The molecule has 18 heavy (non-hydrogen) atoms. The van der Waals surface area contributed by atoms with Gasteiger partial charge in [-0.3, -0.25) is 0 Å². The van der Waals surface area contributed by atoms with Crippen LogP contribution in [-0.4, -0.2) is 0 Å². The van der Waals surface area contributed by atoms with Gasteiger partial charge < -0.3 is 0 Å². The SMILES string of the molecule is Cc1c2c(c(C)c3c1=CC=CCC=3)C(C)CC=C2. The summed E-state index contributed by atoms with van der Waals surface area (Å²) in [4.78, 5) is 0. The zero-order valence-electron chi connectivity index (χ0n) is 11.5. The van der Waals surface area contributed by atoms with Gasteiger partial charge >= 0.3 is 0 Å². The van der Waals surface area contributed by atoms with Crippen molar-refractivity contribution in [3.63, 3.8) is 0 Å². The van der Waals surface area contributed by atoms with E-state index in [1.807, 2.05) is 0 Å². The van der Waals surface area contributed by atoms with E-state index in [1.165, 1.54) is 33.5 Å². The van der Waals surface area contributed by atoms with Gasteiger partial charge in [-0.15, -0.1) is 0 Å². The van der Waals surface area contributed by atoms with E-state index in [4.69, 9.17) is 0 Å². The van der Waals surface area contributed by atoms with Crippen molar-refractivity contribution >= 4 is 18.2 Å². The highest BCUT2D eigenvalue weighted by Gasteiger charge is 2.18. The fraction of sp³-hybridized carbons (Fsp3) is 0.333. The van der Waals surface area contributed by atoms with E-state index in [-0.39, 0.29) is 0 Å². The van der Waals surface area contributed by atoms with Gasteiger partial charge in [-0.05, 0) is 65.3 Å². The molecule has 3 rings (SSSR count). The van der Waals surface area contributed by atoms with Crippen LogP contribution in [0.15, 0.2) is 18.2 Å². The van der Waals surface area contributed by atoms with Gasteiger partial charge in [-0.2, -0.15) is 0 Å². The average Bonchev–Trinajstić information content (AvgIpc) is 2.61. The molecule has 1 aromatic carbocycles. The Kier molecular flexibility index (Phi) is 2.74. The summed E-state index contributed by atoms with van der Waals surface area (Å²) >= 11 is 0. The molecule has 0 bridgehead atoms. The summed E-state index contributed by atoms with van der Waals surface area (Å²) in [6.07, 6.45) is 15.9. The van der Waals surface area contributed by atoms with Crippen LogP contribution < -0.4 is 10.4 Å². The number of benzene rings is 1. The molecule has 92 valence electrons. The number of fused-ring (bicyclic) bond motifs is 2. The highest BCUT2D eigenvalue weighted by atomic mass is 14.2. The van der Waals surface area contributed by atoms with Crippen molar-refractivity contribution in [3.8, 4) is 0 Å². The fourth-order valence-corrected chi connectivity index (χ4v) is 3.36. The summed E-state index contributed by atoms with van der Waals surface area (Å²) in [5.41, 5.74) is 5.96. The predicted molar refractivity (Wildman–Crippen MR) is 79.9 cm³/mol. The summed E-state index contributed by atoms with van der Waals surface area (Å²) in [5.74, 6) is 0.651. The van der Waals surface area contributed by atoms with Crippen molar-refractivity contribution in [3.05, 3.63) is 50.9 Å². The topological polar surface area (TPSA) is 0 Å². The van der Waals surface area contributed by atoms with Crippen LogP contribution in [0, 0.1) is 13.8 Å². The van der Waals surface area contributed by atoms with Gasteiger partial charge in [-0.1, -0.05) is 43.4 Å². The van der Waals surface area contributed by atoms with E-state index >= 15 is 0 Å². The average molecular weight is 236 g/mol. The van der Waals surface area contributed by atoms with Gasteiger partial charge in [0.1, 0.15) is 0 Å². The van der Waals surface area contributed by atoms with Gasteiger partial charge in [0.15, 0.2) is 0 Å². The Morgan fingerprint density at radius 1 is 1.06 bits per heavy atom. The number of hydrogen-bond acceptors (Lipinski definition) is 0. The smallest absolute Gasteiger partial charge is 0.0147 e. The minimum atomic E-state index is 0.651. The molecule has 0 fully saturated rings. The first kappa shape index (κ1) is 11.5. The zero-order valence-corrected chi connectivity index (χ0v) is 11.5. The van der Waals surface area contributed by atoms with Crippen LogP contribution in [0.4, 0.5) is 0 Å². The van der Waals surface area contributed by atoms with Crippen molar-refractivity contribution in [2.45, 2.75) is 39.5 Å². The molecule has 0 saturated carbocycles. The summed E-state index contributed by atoms with van der Waals surface area (Å²) in [6.45, 7) is 6.91. The second-order valence-corrected chi connectivity index (χ2v) is 5.48. The Balaban J connectivity index is 2.49. The summed E-state index contributed by atoms with van der Waals surface area (Å²) < 4.78 is 0. The Bertz CT molecular complexity index is 669. The third kappa shape index (κ3) is 1.59. The molecule has 1 aromatic rings.